The Bertz CT molecular complexity index is 756. The molecule has 1 amide bonds. The molecule has 0 fully saturated rings. The number of ether oxygens (including phenoxy) is 1. The van der Waals surface area contributed by atoms with Crippen LogP contribution in [0.15, 0.2) is 27.2 Å². The number of hydrogen-bond donors (Lipinski definition) is 1. The predicted octanol–water partition coefficient (Wildman–Crippen LogP) is 2.34. The maximum Gasteiger partial charge on any atom is 0.350 e. The average molecular weight is 402 g/mol. The summed E-state index contributed by atoms with van der Waals surface area (Å²) in [5.74, 6) is -0.612. The standard InChI is InChI=1S/C12H12BrN5O4S/c1-7(17-6-9(18(20)21)12(16-17)22-2)11(19)15-14-5-8-3-4-10(13)23-8/h3-7H,1-2H3,(H,15,19)/b14-5-/t7-/m1/s1. The van der Waals surface area contributed by atoms with E-state index in [0.29, 0.717) is 0 Å². The van der Waals surface area contributed by atoms with E-state index in [-0.39, 0.29) is 11.6 Å². The van der Waals surface area contributed by atoms with Crippen molar-refractivity contribution >= 4 is 45.1 Å². The van der Waals surface area contributed by atoms with Crippen LogP contribution in [0, 0.1) is 10.1 Å². The molecule has 2 heterocycles. The molecular weight excluding hydrogens is 390 g/mol. The lowest BCUT2D eigenvalue weighted by atomic mass is 10.3. The van der Waals surface area contributed by atoms with Gasteiger partial charge >= 0.3 is 11.6 Å². The molecule has 2 rings (SSSR count). The zero-order chi connectivity index (χ0) is 17.0. The Hall–Kier alpha value is -2.27. The summed E-state index contributed by atoms with van der Waals surface area (Å²) < 4.78 is 6.93. The summed E-state index contributed by atoms with van der Waals surface area (Å²) in [6.07, 6.45) is 2.65. The van der Waals surface area contributed by atoms with Gasteiger partial charge in [0.15, 0.2) is 0 Å². The molecule has 9 nitrogen and oxygen atoms in total. The molecule has 0 bridgehead atoms. The van der Waals surface area contributed by atoms with E-state index in [1.54, 1.807) is 6.92 Å². The van der Waals surface area contributed by atoms with E-state index in [2.05, 4.69) is 31.6 Å². The van der Waals surface area contributed by atoms with Gasteiger partial charge in [0.1, 0.15) is 12.2 Å². The minimum absolute atomic E-state index is 0.151. The topological polar surface area (TPSA) is 112 Å². The van der Waals surface area contributed by atoms with Gasteiger partial charge in [-0.25, -0.2) is 10.1 Å². The van der Waals surface area contributed by atoms with Crippen LogP contribution in [0.3, 0.4) is 0 Å². The maximum absolute atomic E-state index is 12.0. The summed E-state index contributed by atoms with van der Waals surface area (Å²) in [6, 6.07) is 2.92. The molecule has 0 saturated heterocycles. The van der Waals surface area contributed by atoms with E-state index in [0.717, 1.165) is 19.5 Å². The molecule has 1 atom stereocenters. The van der Waals surface area contributed by atoms with Crippen molar-refractivity contribution in [3.8, 4) is 5.88 Å². The predicted molar refractivity (Wildman–Crippen MR) is 87.9 cm³/mol. The van der Waals surface area contributed by atoms with Crippen molar-refractivity contribution in [2.45, 2.75) is 13.0 Å². The lowest BCUT2D eigenvalue weighted by Gasteiger charge is -2.08. The van der Waals surface area contributed by atoms with Gasteiger partial charge in [-0.05, 0) is 35.0 Å². The van der Waals surface area contributed by atoms with Crippen LogP contribution in [0.4, 0.5) is 5.69 Å². The zero-order valence-electron chi connectivity index (χ0n) is 12.1. The smallest absolute Gasteiger partial charge is 0.350 e. The van der Waals surface area contributed by atoms with E-state index < -0.39 is 16.9 Å². The summed E-state index contributed by atoms with van der Waals surface area (Å²) >= 11 is 4.79. The molecule has 23 heavy (non-hydrogen) atoms. The molecule has 2 aromatic rings. The van der Waals surface area contributed by atoms with Crippen molar-refractivity contribution in [1.82, 2.24) is 15.2 Å². The van der Waals surface area contributed by atoms with Gasteiger partial charge in [-0.2, -0.15) is 5.10 Å². The van der Waals surface area contributed by atoms with Crippen LogP contribution in [0.1, 0.15) is 17.8 Å². The first-order chi connectivity index (χ1) is 10.9. The third-order valence-corrected chi connectivity index (χ3v) is 4.37. The van der Waals surface area contributed by atoms with Crippen LogP contribution in [-0.4, -0.2) is 33.9 Å². The summed E-state index contributed by atoms with van der Waals surface area (Å²) in [7, 11) is 1.27. The normalized spacial score (nSPS) is 12.3. The number of nitro groups is 1. The number of hydrazone groups is 1. The molecule has 0 aliphatic rings. The Labute approximate surface area is 143 Å². The number of aromatic nitrogens is 2. The number of nitrogens with one attached hydrogen (secondary N) is 1. The van der Waals surface area contributed by atoms with Gasteiger partial charge in [0.2, 0.25) is 0 Å². The monoisotopic (exact) mass is 401 g/mol. The Morgan fingerprint density at radius 1 is 1.65 bits per heavy atom. The van der Waals surface area contributed by atoms with Crippen molar-refractivity contribution < 1.29 is 14.5 Å². The van der Waals surface area contributed by atoms with Crippen molar-refractivity contribution in [2.24, 2.45) is 5.10 Å². The van der Waals surface area contributed by atoms with E-state index in [1.165, 1.54) is 24.7 Å². The highest BCUT2D eigenvalue weighted by atomic mass is 79.9. The lowest BCUT2D eigenvalue weighted by molar-refractivity contribution is -0.385. The van der Waals surface area contributed by atoms with Crippen LogP contribution < -0.4 is 10.2 Å². The van der Waals surface area contributed by atoms with Crippen LogP contribution >= 0.6 is 27.3 Å². The number of thiophene rings is 1. The molecule has 0 unspecified atom stereocenters. The number of halogens is 1. The van der Waals surface area contributed by atoms with Gasteiger partial charge in [0, 0.05) is 4.88 Å². The van der Waals surface area contributed by atoms with E-state index in [9.17, 15) is 14.9 Å². The number of methoxy groups -OCH3 is 1. The molecule has 0 radical (unpaired) electrons. The van der Waals surface area contributed by atoms with Crippen molar-refractivity contribution in [1.29, 1.82) is 0 Å². The molecule has 0 aliphatic carbocycles. The number of amides is 1. The first-order valence-electron chi connectivity index (χ1n) is 6.28. The highest BCUT2D eigenvalue weighted by Gasteiger charge is 2.25. The van der Waals surface area contributed by atoms with E-state index in [4.69, 9.17) is 4.74 Å². The quantitative estimate of drug-likeness (QED) is 0.453. The number of rotatable bonds is 6. The SMILES string of the molecule is COc1nn([C@H](C)C(=O)N/N=C\c2ccc(Br)s2)cc1[N+](=O)[O-]. The fourth-order valence-electron chi connectivity index (χ4n) is 1.61. The second-order valence-corrected chi connectivity index (χ2v) is 6.81. The highest BCUT2D eigenvalue weighted by molar-refractivity contribution is 9.11. The third kappa shape index (κ3) is 4.13. The minimum atomic E-state index is -0.787. The van der Waals surface area contributed by atoms with Crippen LogP contribution in [-0.2, 0) is 4.79 Å². The summed E-state index contributed by atoms with van der Waals surface area (Å²) in [6.45, 7) is 1.54. The van der Waals surface area contributed by atoms with Gasteiger partial charge in [-0.3, -0.25) is 14.9 Å². The average Bonchev–Trinajstić information content (AvgIpc) is 3.12. The number of carbonyl (C=O) groups is 1. The Morgan fingerprint density at radius 2 is 2.39 bits per heavy atom. The molecule has 0 aromatic carbocycles. The summed E-state index contributed by atoms with van der Waals surface area (Å²) in [5, 5.41) is 18.6. The molecule has 0 aliphatic heterocycles. The molecule has 0 saturated carbocycles. The van der Waals surface area contributed by atoms with Crippen LogP contribution in [0.25, 0.3) is 0 Å². The second-order valence-electron chi connectivity index (χ2n) is 4.31. The third-order valence-electron chi connectivity index (χ3n) is 2.81. The van der Waals surface area contributed by atoms with Crippen LogP contribution in [0.5, 0.6) is 5.88 Å². The number of carbonyl (C=O) groups excluding carboxylic acids is 1. The highest BCUT2D eigenvalue weighted by Crippen LogP contribution is 2.26. The van der Waals surface area contributed by atoms with Gasteiger partial charge < -0.3 is 4.74 Å². The van der Waals surface area contributed by atoms with Gasteiger partial charge in [-0.15, -0.1) is 16.4 Å². The number of nitrogens with zero attached hydrogens (tertiary/aromatic N) is 4. The van der Waals surface area contributed by atoms with Crippen molar-refractivity contribution in [3.05, 3.63) is 37.1 Å². The second kappa shape index (κ2) is 7.33. The van der Waals surface area contributed by atoms with Crippen molar-refractivity contribution in [3.63, 3.8) is 0 Å². The van der Waals surface area contributed by atoms with Gasteiger partial charge in [-0.1, -0.05) is 0 Å². The Balaban J connectivity index is 2.04. The molecule has 0 spiro atoms. The largest absolute Gasteiger partial charge is 0.475 e. The minimum Gasteiger partial charge on any atom is -0.475 e. The maximum atomic E-state index is 12.0. The zero-order valence-corrected chi connectivity index (χ0v) is 14.5. The fourth-order valence-corrected chi connectivity index (χ4v) is 2.90. The van der Waals surface area contributed by atoms with Crippen LogP contribution in [0.2, 0.25) is 0 Å². The molecule has 1 N–H and O–H groups in total. The van der Waals surface area contributed by atoms with Gasteiger partial charge in [0.25, 0.3) is 5.91 Å². The van der Waals surface area contributed by atoms with Crippen molar-refractivity contribution in [2.75, 3.05) is 7.11 Å². The van der Waals surface area contributed by atoms with Gasteiger partial charge in [0.05, 0.1) is 22.0 Å². The summed E-state index contributed by atoms with van der Waals surface area (Å²) in [4.78, 5) is 23.1. The summed E-state index contributed by atoms with van der Waals surface area (Å²) in [5.41, 5.74) is 2.06. The first kappa shape index (κ1) is 17.1. The molecule has 122 valence electrons. The Morgan fingerprint density at radius 3 is 2.91 bits per heavy atom. The fraction of sp³-hybridized carbons (Fsp3) is 0.250. The first-order valence-corrected chi connectivity index (χ1v) is 7.89. The molecule has 11 heteroatoms. The lowest BCUT2D eigenvalue weighted by Crippen LogP contribution is -2.27. The Kier molecular flexibility index (Phi) is 5.45. The molecule has 2 aromatic heterocycles. The van der Waals surface area contributed by atoms with E-state index in [1.807, 2.05) is 12.1 Å². The van der Waals surface area contributed by atoms with E-state index >= 15 is 0 Å². The number of hydrogen-bond acceptors (Lipinski definition) is 7. The molecular formula is C12H12BrN5O4S.